The van der Waals surface area contributed by atoms with E-state index >= 15 is 0 Å². The van der Waals surface area contributed by atoms with Gasteiger partial charge in [-0.2, -0.15) is 0 Å². The quantitative estimate of drug-likeness (QED) is 0.249. The minimum Gasteiger partial charge on any atom is -0.0743 e. The van der Waals surface area contributed by atoms with Crippen LogP contribution in [0, 0.1) is 0 Å². The third-order valence-corrected chi connectivity index (χ3v) is 410. The number of rotatable bonds is 4. The molecule has 4 rings (SSSR count). The van der Waals surface area contributed by atoms with E-state index in [1.54, 1.807) is 0 Å². The molecule has 0 atom stereocenters. The lowest BCUT2D eigenvalue weighted by atomic mass is 10.2. The van der Waals surface area contributed by atoms with E-state index < -0.39 is 62.1 Å². The van der Waals surface area contributed by atoms with Gasteiger partial charge in [-0.05, 0) is 40.3 Å². The van der Waals surface area contributed by atoms with Crippen LogP contribution in [0.3, 0.4) is 0 Å². The Morgan fingerprint density at radius 2 is 0.340 bits per heavy atom. The molecule has 0 saturated carbocycles. The van der Waals surface area contributed by atoms with Gasteiger partial charge in [-0.1, -0.05) is 205 Å². The second-order valence-corrected chi connectivity index (χ2v) is 150. The second kappa shape index (κ2) is 9.78. The summed E-state index contributed by atoms with van der Waals surface area (Å²) >= 11 is 0. The zero-order chi connectivity index (χ0) is 38.5. The SMILES string of the molecule is CC(C)(C)[Si](C)(C(C)(C)C)[Si]12[Si](C)(C)[Si]3([Si](C)(C(C)(C)C)C(C)(C)C)[Si]1([Si](C)(C(C)(C)C)C(C)(C)C)[Si]23[Si](C)(C(C)(C)C)C(C)(C)C. The van der Waals surface area contributed by atoms with Crippen molar-refractivity contribution in [1.29, 1.82) is 0 Å². The summed E-state index contributed by atoms with van der Waals surface area (Å²) in [7, 11) is -8.77. The van der Waals surface area contributed by atoms with Gasteiger partial charge >= 0.3 is 0 Å². The molecule has 0 N–H and O–H groups in total. The Balaban J connectivity index is 3.05. The molecule has 0 aliphatic carbocycles. The largest absolute Gasteiger partial charge is 0.0743 e. The molecule has 278 valence electrons. The smallest absolute Gasteiger partial charge is 0.0461 e. The first-order valence-corrected chi connectivity index (χ1v) is 51.8. The molecule has 0 aromatic carbocycles. The molecule has 0 radical (unpaired) electrons. The molecule has 4 saturated heterocycles. The van der Waals surface area contributed by atoms with Crippen molar-refractivity contribution >= 4 is 62.1 Å². The molecule has 9 heteroatoms. The first-order chi connectivity index (χ1) is 19.8. The van der Waals surface area contributed by atoms with Crippen molar-refractivity contribution in [3.63, 3.8) is 0 Å². The van der Waals surface area contributed by atoms with Crippen LogP contribution < -0.4 is 0 Å². The van der Waals surface area contributed by atoms with Crippen molar-refractivity contribution in [2.45, 2.75) is 246 Å². The Labute approximate surface area is 305 Å². The van der Waals surface area contributed by atoms with Crippen LogP contribution in [0.15, 0.2) is 0 Å². The molecular weight excluding hydrogens is 709 g/mol. The highest BCUT2D eigenvalue weighted by Gasteiger charge is 3.35. The van der Waals surface area contributed by atoms with E-state index in [1.165, 1.54) is 0 Å². The minimum absolute atomic E-state index is 0.478. The lowest BCUT2D eigenvalue weighted by Crippen LogP contribution is -3.15. The summed E-state index contributed by atoms with van der Waals surface area (Å²) in [6, 6.07) is 0. The predicted octanol–water partition coefficient (Wildman–Crippen LogP) is 14.1. The third-order valence-electron chi connectivity index (χ3n) is 19.6. The van der Waals surface area contributed by atoms with Crippen molar-refractivity contribution in [3.05, 3.63) is 0 Å². The highest BCUT2D eigenvalue weighted by Crippen LogP contribution is 3.04. The monoisotopic (exact) mass is 798 g/mol. The number of hydrogen-bond donors (Lipinski definition) is 0. The topological polar surface area (TPSA) is 0 Å². The Morgan fingerprint density at radius 1 is 0.234 bits per heavy atom. The van der Waals surface area contributed by atoms with Gasteiger partial charge in [0.25, 0.3) is 0 Å². The fraction of sp³-hybridized carbons (Fsp3) is 1.00. The fourth-order valence-electron chi connectivity index (χ4n) is 17.7. The van der Waals surface area contributed by atoms with Gasteiger partial charge in [0.15, 0.2) is 0 Å². The first kappa shape index (κ1) is 43.4. The summed E-state index contributed by atoms with van der Waals surface area (Å²) < 4.78 is 0. The summed E-state index contributed by atoms with van der Waals surface area (Å²) in [6.07, 6.45) is -6.43. The van der Waals surface area contributed by atoms with Crippen LogP contribution >= 0.6 is 0 Å². The van der Waals surface area contributed by atoms with E-state index in [2.05, 4.69) is 205 Å². The van der Waals surface area contributed by atoms with E-state index in [0.29, 0.717) is 40.3 Å². The summed E-state index contributed by atoms with van der Waals surface area (Å²) in [6.45, 7) is 87.6. The van der Waals surface area contributed by atoms with Crippen LogP contribution in [0.4, 0.5) is 0 Å². The van der Waals surface area contributed by atoms with Crippen molar-refractivity contribution in [3.8, 4) is 0 Å². The van der Waals surface area contributed by atoms with Gasteiger partial charge in [-0.15, -0.1) is 0 Å². The van der Waals surface area contributed by atoms with Gasteiger partial charge in [0, 0.05) is 62.1 Å². The predicted molar refractivity (Wildman–Crippen MR) is 245 cm³/mol. The van der Waals surface area contributed by atoms with Gasteiger partial charge in [0.2, 0.25) is 0 Å². The van der Waals surface area contributed by atoms with Crippen molar-refractivity contribution < 1.29 is 0 Å². The summed E-state index contributed by atoms with van der Waals surface area (Å²) in [5.41, 5.74) is 0. The summed E-state index contributed by atoms with van der Waals surface area (Å²) in [4.78, 5) is 0. The first-order valence-electron chi connectivity index (χ1n) is 19.8. The zero-order valence-corrected chi connectivity index (χ0v) is 47.5. The van der Waals surface area contributed by atoms with Crippen LogP contribution in [-0.2, 0) is 0 Å². The average molecular weight is 800 g/mol. The van der Waals surface area contributed by atoms with Gasteiger partial charge in [-0.25, -0.2) is 0 Å². The van der Waals surface area contributed by atoms with Gasteiger partial charge in [0.1, 0.15) is 0 Å². The molecule has 0 aromatic rings. The lowest BCUT2D eigenvalue weighted by Gasteiger charge is -2.87. The normalized spacial score (nSPS) is 32.6. The van der Waals surface area contributed by atoms with Gasteiger partial charge < -0.3 is 0 Å². The minimum atomic E-state index is -1.83. The molecule has 2 bridgehead atoms. The van der Waals surface area contributed by atoms with E-state index in [1.807, 2.05) is 0 Å². The maximum absolute atomic E-state index is 3.25. The van der Waals surface area contributed by atoms with E-state index in [-0.39, 0.29) is 0 Å². The van der Waals surface area contributed by atoms with Gasteiger partial charge in [-0.3, -0.25) is 0 Å². The highest BCUT2D eigenvalue weighted by atomic mass is 31.3. The van der Waals surface area contributed by atoms with Crippen LogP contribution in [0.2, 0.25) is 79.6 Å². The van der Waals surface area contributed by atoms with E-state index in [0.717, 1.165) is 0 Å². The average Bonchev–Trinajstić information content (AvgIpc) is 3.52. The molecule has 0 aromatic heterocycles. The van der Waals surface area contributed by atoms with Crippen LogP contribution in [-0.4, -0.2) is 62.1 Å². The van der Waals surface area contributed by atoms with E-state index in [4.69, 9.17) is 0 Å². The maximum Gasteiger partial charge on any atom is 0.0461 e. The van der Waals surface area contributed by atoms with Crippen LogP contribution in [0.5, 0.6) is 0 Å². The molecule has 0 unspecified atom stereocenters. The third kappa shape index (κ3) is 3.55. The molecular formula is C38H90Si9. The molecule has 47 heavy (non-hydrogen) atoms. The zero-order valence-electron chi connectivity index (χ0n) is 38.5. The van der Waals surface area contributed by atoms with Crippen molar-refractivity contribution in [1.82, 2.24) is 0 Å². The van der Waals surface area contributed by atoms with E-state index in [9.17, 15) is 0 Å². The summed E-state index contributed by atoms with van der Waals surface area (Å²) in [5.74, 6) is 0. The fourth-order valence-corrected chi connectivity index (χ4v) is 1100. The second-order valence-electron chi connectivity index (χ2n) is 27.1. The molecule has 4 aliphatic heterocycles. The summed E-state index contributed by atoms with van der Waals surface area (Å²) in [5, 5.41) is 3.83. The van der Waals surface area contributed by atoms with Crippen molar-refractivity contribution in [2.75, 3.05) is 0 Å². The standard InChI is InChI=1S/C38H90Si9/c1-31(2,3)40(27,32(4,5)6)44-39(25,26)45(41(28,33(7,8)9)34(10,11)12)46(44,42(29,35(13,14)15)36(16,17)18)47(44,45)43(30,37(19,20)21)38(22,23)24/h1-30H3. The number of hydrogen-bond acceptors (Lipinski definition) is 0. The molecule has 0 nitrogen and oxygen atoms in total. The van der Waals surface area contributed by atoms with Crippen molar-refractivity contribution in [2.24, 2.45) is 0 Å². The Bertz CT molecular complexity index is 1130. The molecule has 4 heterocycles. The maximum atomic E-state index is 3.25. The highest BCUT2D eigenvalue weighted by molar-refractivity contribution is 8.98. The van der Waals surface area contributed by atoms with Gasteiger partial charge in [0.05, 0.1) is 0 Å². The Morgan fingerprint density at radius 3 is 0.447 bits per heavy atom. The molecule has 4 fully saturated rings. The molecule has 4 aliphatic rings. The Hall–Kier alpha value is 1.95. The van der Waals surface area contributed by atoms with Crippen LogP contribution in [0.1, 0.15) is 166 Å². The van der Waals surface area contributed by atoms with Crippen LogP contribution in [0.25, 0.3) is 0 Å². The molecule has 0 spiro atoms. The lowest BCUT2D eigenvalue weighted by molar-refractivity contribution is 0.631. The molecule has 0 amide bonds. The Kier molecular flexibility index (Phi) is 9.02.